The molecule has 1 aromatic heterocycles. The van der Waals surface area contributed by atoms with E-state index in [9.17, 15) is 8.42 Å². The van der Waals surface area contributed by atoms with E-state index in [-0.39, 0.29) is 11.6 Å². The van der Waals surface area contributed by atoms with E-state index in [0.29, 0.717) is 11.1 Å². The molecule has 2 heterocycles. The quantitative estimate of drug-likeness (QED) is 0.770. The van der Waals surface area contributed by atoms with Crippen LogP contribution in [0.3, 0.4) is 0 Å². The summed E-state index contributed by atoms with van der Waals surface area (Å²) in [5.41, 5.74) is 0. The maximum atomic E-state index is 11.9. The average molecular weight is 350 g/mol. The molecule has 2 rings (SSSR count). The minimum atomic E-state index is -3.38. The van der Waals surface area contributed by atoms with Crippen LogP contribution in [0.5, 0.6) is 0 Å². The molecule has 0 radical (unpaired) electrons. The van der Waals surface area contributed by atoms with Crippen LogP contribution in [0.4, 0.5) is 5.82 Å². The summed E-state index contributed by atoms with van der Waals surface area (Å²) in [6.45, 7) is 4.11. The Morgan fingerprint density at radius 3 is 2.68 bits per heavy atom. The third kappa shape index (κ3) is 5.01. The molecule has 0 spiro atoms. The maximum Gasteiger partial charge on any atom is 0.235 e. The number of anilines is 1. The van der Waals surface area contributed by atoms with Gasteiger partial charge in [-0.05, 0) is 15.9 Å². The number of hydrogen-bond donors (Lipinski definition) is 2. The van der Waals surface area contributed by atoms with Crippen LogP contribution in [0.25, 0.3) is 0 Å². The van der Waals surface area contributed by atoms with Crippen molar-refractivity contribution in [1.29, 1.82) is 0 Å². The van der Waals surface area contributed by atoms with Gasteiger partial charge in [-0.1, -0.05) is 0 Å². The molecule has 0 atom stereocenters. The molecule has 0 aromatic carbocycles. The second-order valence-corrected chi connectivity index (χ2v) is 6.89. The fraction of sp³-hybridized carbons (Fsp3) is 0.600. The number of hydrogen-bond acceptors (Lipinski definition) is 6. The van der Waals surface area contributed by atoms with Gasteiger partial charge in [0.1, 0.15) is 4.60 Å². The normalized spacial score (nSPS) is 17.3. The van der Waals surface area contributed by atoms with E-state index in [1.165, 1.54) is 12.4 Å². The van der Waals surface area contributed by atoms with Crippen molar-refractivity contribution in [2.45, 2.75) is 0 Å². The van der Waals surface area contributed by atoms with Gasteiger partial charge in [-0.3, -0.25) is 9.62 Å². The van der Waals surface area contributed by atoms with Crippen LogP contribution in [-0.4, -0.2) is 61.8 Å². The van der Waals surface area contributed by atoms with Crippen LogP contribution >= 0.6 is 15.9 Å². The van der Waals surface area contributed by atoms with Gasteiger partial charge in [0.15, 0.2) is 5.82 Å². The summed E-state index contributed by atoms with van der Waals surface area (Å²) in [5, 5.41) is 3.23. The molecule has 1 aliphatic heterocycles. The predicted molar refractivity (Wildman–Crippen MR) is 76.5 cm³/mol. The number of aromatic nitrogens is 2. The van der Waals surface area contributed by atoms with Gasteiger partial charge >= 0.3 is 0 Å². The molecule has 1 saturated heterocycles. The molecular weight excluding hydrogens is 334 g/mol. The Hall–Kier alpha value is -0.770. The van der Waals surface area contributed by atoms with E-state index in [0.717, 1.165) is 26.2 Å². The van der Waals surface area contributed by atoms with E-state index in [4.69, 9.17) is 0 Å². The molecule has 1 aliphatic rings. The molecule has 0 unspecified atom stereocenters. The Balaban J connectivity index is 1.85. The molecule has 9 heteroatoms. The summed E-state index contributed by atoms with van der Waals surface area (Å²) in [6, 6.07) is 0. The molecule has 0 aliphatic carbocycles. The second kappa shape index (κ2) is 6.60. The highest BCUT2D eigenvalue weighted by atomic mass is 79.9. The van der Waals surface area contributed by atoms with E-state index in [1.54, 1.807) is 0 Å². The highest BCUT2D eigenvalue weighted by molar-refractivity contribution is 9.10. The van der Waals surface area contributed by atoms with Gasteiger partial charge in [0.25, 0.3) is 0 Å². The molecule has 19 heavy (non-hydrogen) atoms. The summed E-state index contributed by atoms with van der Waals surface area (Å²) in [7, 11) is -3.38. The lowest BCUT2D eigenvalue weighted by Crippen LogP contribution is -2.45. The zero-order valence-electron chi connectivity index (χ0n) is 10.3. The first-order valence-electron chi connectivity index (χ1n) is 5.96. The molecule has 0 saturated carbocycles. The molecule has 0 bridgehead atoms. The summed E-state index contributed by atoms with van der Waals surface area (Å²) in [5.74, 6) is 0.300. The van der Waals surface area contributed by atoms with Crippen molar-refractivity contribution >= 4 is 31.8 Å². The van der Waals surface area contributed by atoms with Crippen molar-refractivity contribution in [3.8, 4) is 0 Å². The zero-order chi connectivity index (χ0) is 13.7. The Kier molecular flexibility index (Phi) is 5.08. The lowest BCUT2D eigenvalue weighted by molar-refractivity contribution is 0.254. The standard InChI is InChI=1S/C10H16BrN5O2S/c11-9-7-14-10(8-13-9)15-19(17,18)6-5-16-3-1-12-2-4-16/h7-8,12H,1-6H2,(H,14,15). The molecule has 7 nitrogen and oxygen atoms in total. The van der Waals surface area contributed by atoms with Gasteiger partial charge in [0, 0.05) is 32.7 Å². The SMILES string of the molecule is O=S(=O)(CCN1CCNCC1)Nc1cnc(Br)cn1. The predicted octanol–water partition coefficient (Wildman–Crippen LogP) is -0.114. The molecule has 106 valence electrons. The minimum absolute atomic E-state index is 0.0603. The van der Waals surface area contributed by atoms with E-state index < -0.39 is 10.0 Å². The fourth-order valence-corrected chi connectivity index (χ4v) is 2.99. The maximum absolute atomic E-state index is 11.9. The number of nitrogens with zero attached hydrogens (tertiary/aromatic N) is 3. The molecule has 2 N–H and O–H groups in total. The monoisotopic (exact) mass is 349 g/mol. The van der Waals surface area contributed by atoms with E-state index in [2.05, 4.69) is 40.8 Å². The molecule has 1 fully saturated rings. The van der Waals surface area contributed by atoms with Crippen molar-refractivity contribution in [1.82, 2.24) is 20.2 Å². The molecule has 0 amide bonds. The molecule has 1 aromatic rings. The smallest absolute Gasteiger partial charge is 0.235 e. The fourth-order valence-electron chi connectivity index (χ4n) is 1.76. The zero-order valence-corrected chi connectivity index (χ0v) is 12.7. The number of nitrogens with one attached hydrogen (secondary N) is 2. The second-order valence-electron chi connectivity index (χ2n) is 4.24. The van der Waals surface area contributed by atoms with Gasteiger partial charge in [-0.15, -0.1) is 0 Å². The summed E-state index contributed by atoms with van der Waals surface area (Å²) < 4.78 is 26.8. The first kappa shape index (κ1) is 14.6. The molecular formula is C10H16BrN5O2S. The van der Waals surface area contributed by atoms with Crippen molar-refractivity contribution in [3.63, 3.8) is 0 Å². The van der Waals surface area contributed by atoms with Crippen molar-refractivity contribution in [3.05, 3.63) is 17.0 Å². The van der Waals surface area contributed by atoms with Gasteiger partial charge in [-0.2, -0.15) is 0 Å². The summed E-state index contributed by atoms with van der Waals surface area (Å²) in [4.78, 5) is 9.98. The number of piperazine rings is 1. The Morgan fingerprint density at radius 2 is 2.05 bits per heavy atom. The van der Waals surface area contributed by atoms with Gasteiger partial charge < -0.3 is 5.32 Å². The number of rotatable bonds is 5. The van der Waals surface area contributed by atoms with Crippen molar-refractivity contribution in [2.75, 3.05) is 43.2 Å². The first-order chi connectivity index (χ1) is 9.05. The Labute approximate surface area is 121 Å². The first-order valence-corrected chi connectivity index (χ1v) is 8.41. The average Bonchev–Trinajstić information content (AvgIpc) is 2.40. The van der Waals surface area contributed by atoms with E-state index >= 15 is 0 Å². The third-order valence-corrected chi connectivity index (χ3v) is 4.42. The lowest BCUT2D eigenvalue weighted by Gasteiger charge is -2.26. The summed E-state index contributed by atoms with van der Waals surface area (Å²) >= 11 is 3.14. The highest BCUT2D eigenvalue weighted by Crippen LogP contribution is 2.08. The minimum Gasteiger partial charge on any atom is -0.314 e. The Morgan fingerprint density at radius 1 is 1.32 bits per heavy atom. The van der Waals surface area contributed by atoms with Crippen LogP contribution in [0.1, 0.15) is 0 Å². The topological polar surface area (TPSA) is 87.2 Å². The van der Waals surface area contributed by atoms with Gasteiger partial charge in [0.05, 0.1) is 18.1 Å². The van der Waals surface area contributed by atoms with E-state index in [1.807, 2.05) is 0 Å². The highest BCUT2D eigenvalue weighted by Gasteiger charge is 2.16. The van der Waals surface area contributed by atoms with Crippen LogP contribution in [-0.2, 0) is 10.0 Å². The van der Waals surface area contributed by atoms with Crippen LogP contribution in [0.15, 0.2) is 17.0 Å². The van der Waals surface area contributed by atoms with Crippen LogP contribution < -0.4 is 10.0 Å². The Bertz CT molecular complexity index is 501. The van der Waals surface area contributed by atoms with Crippen molar-refractivity contribution in [2.24, 2.45) is 0 Å². The van der Waals surface area contributed by atoms with Crippen LogP contribution in [0.2, 0.25) is 0 Å². The largest absolute Gasteiger partial charge is 0.314 e. The third-order valence-electron chi connectivity index (χ3n) is 2.77. The van der Waals surface area contributed by atoms with Crippen molar-refractivity contribution < 1.29 is 8.42 Å². The number of halogens is 1. The number of sulfonamides is 1. The van der Waals surface area contributed by atoms with Gasteiger partial charge in [-0.25, -0.2) is 18.4 Å². The van der Waals surface area contributed by atoms with Crippen LogP contribution in [0, 0.1) is 0 Å². The lowest BCUT2D eigenvalue weighted by atomic mass is 10.4. The van der Waals surface area contributed by atoms with Gasteiger partial charge in [0.2, 0.25) is 10.0 Å². The summed E-state index contributed by atoms with van der Waals surface area (Å²) in [6.07, 6.45) is 2.83.